The molecular weight excluding hydrogens is 280 g/mol. The maximum Gasteiger partial charge on any atom is 0.410 e. The maximum absolute atomic E-state index is 12.3. The first-order chi connectivity index (χ1) is 10.0. The van der Waals surface area contributed by atoms with Crippen LogP contribution >= 0.6 is 0 Å². The Kier molecular flexibility index (Phi) is 4.26. The van der Waals surface area contributed by atoms with Crippen molar-refractivity contribution in [2.75, 3.05) is 13.1 Å². The number of nitrogens with zero attached hydrogens (tertiary/aromatic N) is 3. The first-order valence-electron chi connectivity index (χ1n) is 7.81. The van der Waals surface area contributed by atoms with Gasteiger partial charge in [0.25, 0.3) is 0 Å². The summed E-state index contributed by atoms with van der Waals surface area (Å²) in [6, 6.07) is 0. The molecule has 2 rings (SSSR count). The van der Waals surface area contributed by atoms with Crippen LogP contribution in [-0.2, 0) is 17.3 Å². The lowest BCUT2D eigenvalue weighted by Crippen LogP contribution is -2.54. The molecule has 2 N–H and O–H groups in total. The molecule has 6 heteroatoms. The molecule has 1 saturated heterocycles. The van der Waals surface area contributed by atoms with Gasteiger partial charge >= 0.3 is 6.09 Å². The number of likely N-dealkylation sites (tertiary alicyclic amines) is 1. The molecule has 1 aliphatic rings. The van der Waals surface area contributed by atoms with Crippen molar-refractivity contribution < 1.29 is 9.53 Å². The van der Waals surface area contributed by atoms with Gasteiger partial charge < -0.3 is 15.4 Å². The van der Waals surface area contributed by atoms with Gasteiger partial charge in [-0.1, -0.05) is 0 Å². The minimum Gasteiger partial charge on any atom is -0.444 e. The average Bonchev–Trinajstić information content (AvgIpc) is 2.61. The lowest BCUT2D eigenvalue weighted by Gasteiger charge is -2.41. The fraction of sp³-hybridized carbons (Fsp3) is 0.750. The highest BCUT2D eigenvalue weighted by molar-refractivity contribution is 5.68. The van der Waals surface area contributed by atoms with E-state index in [1.54, 1.807) is 4.90 Å². The van der Waals surface area contributed by atoms with Gasteiger partial charge in [0, 0.05) is 31.4 Å². The van der Waals surface area contributed by atoms with E-state index in [-0.39, 0.29) is 6.09 Å². The van der Waals surface area contributed by atoms with Crippen LogP contribution in [0.25, 0.3) is 0 Å². The van der Waals surface area contributed by atoms with E-state index in [4.69, 9.17) is 10.5 Å². The zero-order chi connectivity index (χ0) is 16.7. The second-order valence-corrected chi connectivity index (χ2v) is 7.33. The van der Waals surface area contributed by atoms with Crippen LogP contribution in [0.4, 0.5) is 4.79 Å². The molecular formula is C16H28N4O2. The summed E-state index contributed by atoms with van der Waals surface area (Å²) in [6.07, 6.45) is 1.42. The molecule has 0 aromatic carbocycles. The number of aromatic nitrogens is 2. The number of ether oxygens (including phenoxy) is 1. The molecule has 1 aromatic heterocycles. The maximum atomic E-state index is 12.3. The van der Waals surface area contributed by atoms with Crippen LogP contribution in [0.2, 0.25) is 0 Å². The first kappa shape index (κ1) is 16.8. The van der Waals surface area contributed by atoms with E-state index >= 15 is 0 Å². The van der Waals surface area contributed by atoms with Crippen molar-refractivity contribution in [1.29, 1.82) is 0 Å². The summed E-state index contributed by atoms with van der Waals surface area (Å²) in [6.45, 7) is 10.8. The number of amides is 1. The van der Waals surface area contributed by atoms with Crippen molar-refractivity contribution in [3.8, 4) is 0 Å². The van der Waals surface area contributed by atoms with Crippen LogP contribution in [0.15, 0.2) is 0 Å². The van der Waals surface area contributed by atoms with Crippen LogP contribution in [0, 0.1) is 13.8 Å². The quantitative estimate of drug-likeness (QED) is 0.863. The third-order valence-corrected chi connectivity index (χ3v) is 4.18. The highest BCUT2D eigenvalue weighted by Crippen LogP contribution is 2.33. The topological polar surface area (TPSA) is 73.4 Å². The number of rotatable bonds is 1. The van der Waals surface area contributed by atoms with Crippen LogP contribution in [0.5, 0.6) is 0 Å². The van der Waals surface area contributed by atoms with Crippen LogP contribution in [0.3, 0.4) is 0 Å². The molecule has 0 aliphatic carbocycles. The van der Waals surface area contributed by atoms with E-state index in [2.05, 4.69) is 5.10 Å². The summed E-state index contributed by atoms with van der Waals surface area (Å²) in [5, 5.41) is 4.46. The minimum atomic E-state index is -0.558. The van der Waals surface area contributed by atoms with Crippen molar-refractivity contribution >= 4 is 6.09 Å². The standard InChI is InChI=1S/C16H28N4O2/c1-11-13(12(2)19(6)18-11)16(17)8-7-9-20(10-16)14(21)22-15(3,4)5/h7-10,17H2,1-6H3. The monoisotopic (exact) mass is 308 g/mol. The Morgan fingerprint density at radius 1 is 1.36 bits per heavy atom. The Morgan fingerprint density at radius 2 is 2.00 bits per heavy atom. The van der Waals surface area contributed by atoms with Gasteiger partial charge in [-0.05, 0) is 47.5 Å². The summed E-state index contributed by atoms with van der Waals surface area (Å²) in [7, 11) is 1.92. The molecule has 1 atom stereocenters. The van der Waals surface area contributed by atoms with Gasteiger partial charge in [-0.2, -0.15) is 5.10 Å². The van der Waals surface area contributed by atoms with Crippen molar-refractivity contribution in [2.45, 2.75) is 58.6 Å². The summed E-state index contributed by atoms with van der Waals surface area (Å²) in [5.41, 5.74) is 8.69. The van der Waals surface area contributed by atoms with E-state index in [9.17, 15) is 4.79 Å². The molecule has 0 radical (unpaired) electrons. The average molecular weight is 308 g/mol. The van der Waals surface area contributed by atoms with Crippen LogP contribution in [0.1, 0.15) is 50.6 Å². The Balaban J connectivity index is 2.24. The third kappa shape index (κ3) is 3.27. The summed E-state index contributed by atoms with van der Waals surface area (Å²) < 4.78 is 7.34. The van der Waals surface area contributed by atoms with Gasteiger partial charge in [0.05, 0.1) is 11.2 Å². The largest absolute Gasteiger partial charge is 0.444 e. The SMILES string of the molecule is Cc1nn(C)c(C)c1C1(N)CCCN(C(=O)OC(C)(C)C)C1. The number of hydrogen-bond donors (Lipinski definition) is 1. The van der Waals surface area contributed by atoms with Gasteiger partial charge in [0.15, 0.2) is 0 Å². The number of piperidine rings is 1. The van der Waals surface area contributed by atoms with E-state index in [0.29, 0.717) is 13.1 Å². The minimum absolute atomic E-state index is 0.291. The number of carbonyl (C=O) groups is 1. The first-order valence-corrected chi connectivity index (χ1v) is 7.81. The zero-order valence-corrected chi connectivity index (χ0v) is 14.6. The van der Waals surface area contributed by atoms with Crippen molar-refractivity contribution in [2.24, 2.45) is 12.8 Å². The molecule has 2 heterocycles. The summed E-state index contributed by atoms with van der Waals surface area (Å²) >= 11 is 0. The number of aryl methyl sites for hydroxylation is 2. The van der Waals surface area contributed by atoms with E-state index in [1.807, 2.05) is 46.3 Å². The number of nitrogens with two attached hydrogens (primary N) is 1. The van der Waals surface area contributed by atoms with Gasteiger partial charge in [-0.3, -0.25) is 4.68 Å². The highest BCUT2D eigenvalue weighted by Gasteiger charge is 2.39. The van der Waals surface area contributed by atoms with E-state index in [1.165, 1.54) is 0 Å². The van der Waals surface area contributed by atoms with Gasteiger partial charge in [0.1, 0.15) is 5.60 Å². The van der Waals surface area contributed by atoms with Crippen LogP contribution < -0.4 is 5.73 Å². The second-order valence-electron chi connectivity index (χ2n) is 7.33. The Bertz CT molecular complexity index is 573. The molecule has 0 saturated carbocycles. The predicted octanol–water partition coefficient (Wildman–Crippen LogP) is 2.22. The molecule has 6 nitrogen and oxygen atoms in total. The fourth-order valence-corrected chi connectivity index (χ4v) is 3.26. The van der Waals surface area contributed by atoms with E-state index in [0.717, 1.165) is 29.8 Å². The Hall–Kier alpha value is -1.56. The van der Waals surface area contributed by atoms with Gasteiger partial charge in [-0.25, -0.2) is 4.79 Å². The molecule has 1 aromatic rings. The Labute approximate surface area is 132 Å². The lowest BCUT2D eigenvalue weighted by atomic mass is 9.82. The summed E-state index contributed by atoms with van der Waals surface area (Å²) in [5.74, 6) is 0. The van der Waals surface area contributed by atoms with Crippen molar-refractivity contribution in [3.05, 3.63) is 17.0 Å². The normalized spacial score (nSPS) is 22.8. The summed E-state index contributed by atoms with van der Waals surface area (Å²) in [4.78, 5) is 14.1. The molecule has 1 fully saturated rings. The predicted molar refractivity (Wildman–Crippen MR) is 85.6 cm³/mol. The molecule has 0 spiro atoms. The lowest BCUT2D eigenvalue weighted by molar-refractivity contribution is 0.0136. The highest BCUT2D eigenvalue weighted by atomic mass is 16.6. The molecule has 22 heavy (non-hydrogen) atoms. The van der Waals surface area contributed by atoms with Crippen molar-refractivity contribution in [1.82, 2.24) is 14.7 Å². The molecule has 124 valence electrons. The second kappa shape index (κ2) is 5.57. The number of carbonyl (C=O) groups excluding carboxylic acids is 1. The van der Waals surface area contributed by atoms with Gasteiger partial charge in [-0.15, -0.1) is 0 Å². The zero-order valence-electron chi connectivity index (χ0n) is 14.6. The molecule has 1 unspecified atom stereocenters. The molecule has 0 bridgehead atoms. The van der Waals surface area contributed by atoms with Crippen molar-refractivity contribution in [3.63, 3.8) is 0 Å². The van der Waals surface area contributed by atoms with Crippen LogP contribution in [-0.4, -0.2) is 39.5 Å². The number of hydrogen-bond acceptors (Lipinski definition) is 4. The smallest absolute Gasteiger partial charge is 0.410 e. The van der Waals surface area contributed by atoms with Gasteiger partial charge in [0.2, 0.25) is 0 Å². The fourth-order valence-electron chi connectivity index (χ4n) is 3.26. The molecule has 1 aliphatic heterocycles. The Morgan fingerprint density at radius 3 is 2.50 bits per heavy atom. The molecule has 1 amide bonds. The third-order valence-electron chi connectivity index (χ3n) is 4.18. The van der Waals surface area contributed by atoms with E-state index < -0.39 is 11.1 Å².